The molecule has 1 aromatic carbocycles. The van der Waals surface area contributed by atoms with Gasteiger partial charge in [0, 0.05) is 18.7 Å². The number of H-pyrrole nitrogens is 2. The van der Waals surface area contributed by atoms with E-state index < -0.39 is 96.0 Å². The summed E-state index contributed by atoms with van der Waals surface area (Å²) < 4.78 is 150. The van der Waals surface area contributed by atoms with E-state index in [0.29, 0.717) is 12.1 Å². The van der Waals surface area contributed by atoms with Gasteiger partial charge in [0.2, 0.25) is 11.8 Å². The van der Waals surface area contributed by atoms with E-state index in [1.54, 1.807) is 5.10 Å². The highest BCUT2D eigenvalue weighted by atomic mass is 19.4. The number of carbonyl (C=O) groups excluding carboxylic acids is 2. The number of nitrogens with zero attached hydrogens (tertiary/aromatic N) is 3. The summed E-state index contributed by atoms with van der Waals surface area (Å²) in [5.41, 5.74) is -4.40. The Morgan fingerprint density at radius 1 is 0.902 bits per heavy atom. The SMILES string of the molecule is O=C(NCc1ccc(C(F)(F)F)c(Nc2nc3nc(OCC(F)F)c(C(=O)NC4CCC(C(F)(F)F)CC4)cc3[nH]2)c1)c1cc(C(F)(F)F)[nH]n1. The number of aromatic nitrogens is 5. The zero-order valence-corrected chi connectivity index (χ0v) is 25.6. The molecule has 0 bridgehead atoms. The molecule has 3 heterocycles. The largest absolute Gasteiger partial charge is 0.471 e. The molecule has 0 spiro atoms. The normalized spacial score (nSPS) is 17.1. The number of alkyl halides is 11. The quantitative estimate of drug-likeness (QED) is 0.111. The van der Waals surface area contributed by atoms with Crippen molar-refractivity contribution in [2.45, 2.75) is 63.2 Å². The second-order valence-corrected chi connectivity index (χ2v) is 11.4. The molecule has 4 aromatic rings. The van der Waals surface area contributed by atoms with Crippen molar-refractivity contribution < 1.29 is 62.6 Å². The van der Waals surface area contributed by atoms with Gasteiger partial charge < -0.3 is 25.7 Å². The fourth-order valence-electron chi connectivity index (χ4n) is 5.26. The minimum Gasteiger partial charge on any atom is -0.471 e. The summed E-state index contributed by atoms with van der Waals surface area (Å²) in [6, 6.07) is 3.50. The molecule has 22 heteroatoms. The van der Waals surface area contributed by atoms with E-state index in [1.165, 1.54) is 0 Å². The molecule has 5 rings (SSSR count). The van der Waals surface area contributed by atoms with E-state index in [0.717, 1.165) is 18.2 Å². The van der Waals surface area contributed by atoms with Crippen LogP contribution in [0, 0.1) is 5.92 Å². The molecular formula is C29H25F11N8O3. The Morgan fingerprint density at radius 3 is 2.22 bits per heavy atom. The van der Waals surface area contributed by atoms with E-state index in [9.17, 15) is 57.9 Å². The lowest BCUT2D eigenvalue weighted by atomic mass is 9.85. The summed E-state index contributed by atoms with van der Waals surface area (Å²) in [7, 11) is 0. The predicted octanol–water partition coefficient (Wildman–Crippen LogP) is 6.89. The second kappa shape index (κ2) is 14.2. The van der Waals surface area contributed by atoms with Crippen LogP contribution in [0.2, 0.25) is 0 Å². The number of ether oxygens (including phenoxy) is 1. The Morgan fingerprint density at radius 2 is 1.61 bits per heavy atom. The van der Waals surface area contributed by atoms with Gasteiger partial charge in [-0.15, -0.1) is 0 Å². The molecule has 2 amide bonds. The maximum Gasteiger partial charge on any atom is 0.432 e. The highest BCUT2D eigenvalue weighted by Crippen LogP contribution is 2.39. The van der Waals surface area contributed by atoms with Crippen LogP contribution in [-0.4, -0.2) is 62.2 Å². The first-order chi connectivity index (χ1) is 23.8. The van der Waals surface area contributed by atoms with Crippen molar-refractivity contribution in [3.63, 3.8) is 0 Å². The van der Waals surface area contributed by atoms with E-state index in [1.807, 2.05) is 0 Å². The zero-order valence-electron chi connectivity index (χ0n) is 25.6. The first kappa shape index (κ1) is 37.1. The number of hydrogen-bond donors (Lipinski definition) is 5. The summed E-state index contributed by atoms with van der Waals surface area (Å²) in [6.45, 7) is -1.64. The molecular weight excluding hydrogens is 717 g/mol. The van der Waals surface area contributed by atoms with Gasteiger partial charge in [-0.25, -0.2) is 8.78 Å². The van der Waals surface area contributed by atoms with Crippen LogP contribution in [0.15, 0.2) is 30.3 Å². The fourth-order valence-corrected chi connectivity index (χ4v) is 5.26. The number of halogens is 11. The van der Waals surface area contributed by atoms with Gasteiger partial charge in [-0.1, -0.05) is 6.07 Å². The van der Waals surface area contributed by atoms with Crippen LogP contribution in [0.5, 0.6) is 5.88 Å². The Labute approximate surface area is 278 Å². The molecule has 0 saturated heterocycles. The average Bonchev–Trinajstić information content (AvgIpc) is 3.69. The lowest BCUT2D eigenvalue weighted by molar-refractivity contribution is -0.182. The number of imidazole rings is 1. The third kappa shape index (κ3) is 9.14. The van der Waals surface area contributed by atoms with Crippen molar-refractivity contribution in [2.24, 2.45) is 5.92 Å². The van der Waals surface area contributed by atoms with Crippen molar-refractivity contribution in [1.29, 1.82) is 0 Å². The molecule has 1 saturated carbocycles. The Balaban J connectivity index is 1.36. The topological polar surface area (TPSA) is 150 Å². The van der Waals surface area contributed by atoms with Gasteiger partial charge in [0.05, 0.1) is 22.7 Å². The van der Waals surface area contributed by atoms with Crippen LogP contribution >= 0.6 is 0 Å². The number of nitrogens with one attached hydrogen (secondary N) is 5. The van der Waals surface area contributed by atoms with Crippen LogP contribution in [-0.2, 0) is 18.9 Å². The number of amides is 2. The number of anilines is 2. The van der Waals surface area contributed by atoms with Crippen LogP contribution in [0.1, 0.15) is 63.4 Å². The minimum atomic E-state index is -4.92. The summed E-state index contributed by atoms with van der Waals surface area (Å²) in [5, 5.41) is 12.1. The van der Waals surface area contributed by atoms with Crippen LogP contribution in [0.4, 0.5) is 59.9 Å². The molecule has 0 radical (unpaired) electrons. The van der Waals surface area contributed by atoms with E-state index in [2.05, 4.69) is 36.0 Å². The highest BCUT2D eigenvalue weighted by Gasteiger charge is 2.42. The van der Waals surface area contributed by atoms with E-state index in [-0.39, 0.29) is 48.4 Å². The number of benzene rings is 1. The smallest absolute Gasteiger partial charge is 0.432 e. The number of fused-ring (bicyclic) bond motifs is 1. The van der Waals surface area contributed by atoms with Gasteiger partial charge in [0.15, 0.2) is 17.9 Å². The van der Waals surface area contributed by atoms with Crippen molar-refractivity contribution in [2.75, 3.05) is 11.9 Å². The lowest BCUT2D eigenvalue weighted by Crippen LogP contribution is -2.40. The Bertz CT molecular complexity index is 1880. The number of carbonyl (C=O) groups is 2. The monoisotopic (exact) mass is 742 g/mol. The first-order valence-corrected chi connectivity index (χ1v) is 14.8. The molecule has 1 aliphatic carbocycles. The minimum absolute atomic E-state index is 0.0107. The maximum atomic E-state index is 13.9. The zero-order chi connectivity index (χ0) is 37.3. The van der Waals surface area contributed by atoms with Crippen molar-refractivity contribution in [3.8, 4) is 5.88 Å². The Kier molecular flexibility index (Phi) is 10.3. The number of hydrogen-bond acceptors (Lipinski definition) is 7. The van der Waals surface area contributed by atoms with Gasteiger partial charge in [-0.2, -0.15) is 54.6 Å². The molecule has 11 nitrogen and oxygen atoms in total. The van der Waals surface area contributed by atoms with Crippen molar-refractivity contribution in [3.05, 3.63) is 58.4 Å². The Hall–Kier alpha value is -5.18. The standard InChI is InChI=1S/C29H25F11N8O3/c30-21(31)11-51-25-15(23(49)42-14-4-2-13(3-5-14)27(32,33)34)8-18-22(45-25)46-26(44-18)43-17-7-12(1-6-16(17)28(35,36)37)10-41-24(50)19-9-20(48-47-19)29(38,39)40/h1,6-9,13-14,21H,2-5,10-11H2,(H,41,50)(H,42,49)(H,47,48)(H2,43,44,45,46). The second-order valence-electron chi connectivity index (χ2n) is 11.4. The van der Waals surface area contributed by atoms with Gasteiger partial charge in [-0.3, -0.25) is 14.7 Å². The lowest BCUT2D eigenvalue weighted by Gasteiger charge is -2.30. The fraction of sp³-hybridized carbons (Fsp3) is 0.414. The summed E-state index contributed by atoms with van der Waals surface area (Å²) in [5.74, 6) is -4.48. The predicted molar refractivity (Wildman–Crippen MR) is 154 cm³/mol. The molecule has 3 aromatic heterocycles. The van der Waals surface area contributed by atoms with E-state index in [4.69, 9.17) is 4.74 Å². The van der Waals surface area contributed by atoms with Gasteiger partial charge in [-0.05, 0) is 49.4 Å². The van der Waals surface area contributed by atoms with Gasteiger partial charge in [0.25, 0.3) is 18.2 Å². The van der Waals surface area contributed by atoms with Gasteiger partial charge >= 0.3 is 18.5 Å². The molecule has 276 valence electrons. The van der Waals surface area contributed by atoms with Crippen molar-refractivity contribution >= 4 is 34.6 Å². The molecule has 1 fully saturated rings. The van der Waals surface area contributed by atoms with Crippen LogP contribution in [0.3, 0.4) is 0 Å². The maximum absolute atomic E-state index is 13.9. The summed E-state index contributed by atoms with van der Waals surface area (Å²) in [4.78, 5) is 36.0. The molecule has 5 N–H and O–H groups in total. The third-order valence-electron chi connectivity index (χ3n) is 7.77. The summed E-state index contributed by atoms with van der Waals surface area (Å²) in [6.07, 6.45) is -17.6. The molecule has 0 atom stereocenters. The number of rotatable bonds is 10. The van der Waals surface area contributed by atoms with Gasteiger partial charge in [0.1, 0.15) is 11.3 Å². The summed E-state index contributed by atoms with van der Waals surface area (Å²) >= 11 is 0. The molecule has 1 aliphatic rings. The molecule has 0 aliphatic heterocycles. The molecule has 0 unspecified atom stereocenters. The average molecular weight is 743 g/mol. The van der Waals surface area contributed by atoms with Crippen molar-refractivity contribution in [1.82, 2.24) is 35.8 Å². The van der Waals surface area contributed by atoms with E-state index >= 15 is 0 Å². The number of pyridine rings is 1. The molecule has 51 heavy (non-hydrogen) atoms. The first-order valence-electron chi connectivity index (χ1n) is 14.8. The van der Waals surface area contributed by atoms with Crippen LogP contribution in [0.25, 0.3) is 11.2 Å². The highest BCUT2D eigenvalue weighted by molar-refractivity contribution is 5.99. The number of aromatic amines is 2. The van der Waals surface area contributed by atoms with Crippen LogP contribution < -0.4 is 20.7 Å². The third-order valence-corrected chi connectivity index (χ3v) is 7.77.